The molecule has 0 bridgehead atoms. The van der Waals surface area contributed by atoms with Crippen molar-refractivity contribution in [2.45, 2.75) is 6.92 Å². The van der Waals surface area contributed by atoms with E-state index in [9.17, 15) is 4.79 Å². The van der Waals surface area contributed by atoms with E-state index in [1.54, 1.807) is 6.92 Å². The van der Waals surface area contributed by atoms with Crippen LogP contribution in [0.25, 0.3) is 0 Å². The molecule has 7 heavy (non-hydrogen) atoms. The molecule has 0 radical (unpaired) electrons. The van der Waals surface area contributed by atoms with Crippen LogP contribution >= 0.6 is 0 Å². The number of hydrogen-bond acceptors (Lipinski definition) is 1. The van der Waals surface area contributed by atoms with Crippen molar-refractivity contribution in [1.29, 1.82) is 0 Å². The molecule has 2 nitrogen and oxygen atoms in total. The molecule has 0 aromatic heterocycles. The normalized spacial score (nSPS) is 8.14. The Labute approximate surface area is 75.2 Å². The SMILES string of the molecule is C/C=C/C(=O)O.[Ca+2].[H-].[H-]. The Morgan fingerprint density at radius 3 is 2.29 bits per heavy atom. The summed E-state index contributed by atoms with van der Waals surface area (Å²) in [5, 5.41) is 7.83. The fourth-order valence-electron chi connectivity index (χ4n) is 0.143. The molecular weight excluding hydrogens is 120 g/mol. The molecule has 0 unspecified atom stereocenters. The predicted molar refractivity (Wildman–Crippen MR) is 30.4 cm³/mol. The molecule has 3 heteroatoms. The molecular formula is C4H8CaO2. The largest absolute Gasteiger partial charge is 2.00 e. The van der Waals surface area contributed by atoms with E-state index in [2.05, 4.69) is 0 Å². The first-order chi connectivity index (χ1) is 2.77. The summed E-state index contributed by atoms with van der Waals surface area (Å²) in [7, 11) is 0. The van der Waals surface area contributed by atoms with Crippen LogP contribution in [0.5, 0.6) is 0 Å². The van der Waals surface area contributed by atoms with Gasteiger partial charge in [-0.1, -0.05) is 6.08 Å². The molecule has 38 valence electrons. The van der Waals surface area contributed by atoms with E-state index in [4.69, 9.17) is 5.11 Å². The van der Waals surface area contributed by atoms with Crippen molar-refractivity contribution in [2.75, 3.05) is 0 Å². The summed E-state index contributed by atoms with van der Waals surface area (Å²) in [6.07, 6.45) is 2.56. The third-order valence-electron chi connectivity index (χ3n) is 0.309. The van der Waals surface area contributed by atoms with Gasteiger partial charge in [0, 0.05) is 6.08 Å². The van der Waals surface area contributed by atoms with Crippen molar-refractivity contribution < 1.29 is 12.8 Å². The van der Waals surface area contributed by atoms with Crippen LogP contribution in [0.4, 0.5) is 0 Å². The third-order valence-corrected chi connectivity index (χ3v) is 0.309. The molecule has 0 fully saturated rings. The Bertz CT molecular complexity index is 84.6. The van der Waals surface area contributed by atoms with Crippen molar-refractivity contribution in [3.05, 3.63) is 12.2 Å². The van der Waals surface area contributed by atoms with E-state index in [1.807, 2.05) is 0 Å². The van der Waals surface area contributed by atoms with Gasteiger partial charge >= 0.3 is 43.7 Å². The fraction of sp³-hybridized carbons (Fsp3) is 0.250. The van der Waals surface area contributed by atoms with Crippen LogP contribution in [0.2, 0.25) is 0 Å². The van der Waals surface area contributed by atoms with Gasteiger partial charge in [0.1, 0.15) is 0 Å². The van der Waals surface area contributed by atoms with E-state index >= 15 is 0 Å². The zero-order chi connectivity index (χ0) is 4.99. The molecule has 0 atom stereocenters. The molecule has 0 heterocycles. The van der Waals surface area contributed by atoms with Gasteiger partial charge < -0.3 is 7.96 Å². The monoisotopic (exact) mass is 128 g/mol. The number of aliphatic carboxylic acids is 1. The Hall–Kier alpha value is 0.470. The first-order valence-corrected chi connectivity index (χ1v) is 1.63. The summed E-state index contributed by atoms with van der Waals surface area (Å²) in [6.45, 7) is 1.66. The molecule has 0 aliphatic heterocycles. The van der Waals surface area contributed by atoms with Gasteiger partial charge in [-0.2, -0.15) is 0 Å². The second kappa shape index (κ2) is 6.47. The van der Waals surface area contributed by atoms with Crippen molar-refractivity contribution in [2.24, 2.45) is 0 Å². The molecule has 0 spiro atoms. The van der Waals surface area contributed by atoms with Crippen LogP contribution in [-0.4, -0.2) is 48.8 Å². The number of carbonyl (C=O) groups is 1. The molecule has 0 amide bonds. The molecule has 0 rings (SSSR count). The second-order valence-electron chi connectivity index (χ2n) is 0.838. The summed E-state index contributed by atoms with van der Waals surface area (Å²) in [6, 6.07) is 0. The molecule has 0 saturated heterocycles. The minimum Gasteiger partial charge on any atom is -1.00 e. The zero-order valence-corrected chi connectivity index (χ0v) is 6.43. The molecule has 0 aromatic carbocycles. The Kier molecular flexibility index (Phi) is 9.66. The van der Waals surface area contributed by atoms with Crippen LogP contribution < -0.4 is 0 Å². The van der Waals surface area contributed by atoms with Gasteiger partial charge in [0.05, 0.1) is 0 Å². The molecule has 0 aromatic rings. The average Bonchev–Trinajstić information content (AvgIpc) is 1.35. The minimum absolute atomic E-state index is 0. The van der Waals surface area contributed by atoms with Gasteiger partial charge in [0.25, 0.3) is 0 Å². The van der Waals surface area contributed by atoms with Crippen LogP contribution in [0.15, 0.2) is 12.2 Å². The first kappa shape index (κ1) is 10.5. The molecule has 0 aliphatic rings. The number of rotatable bonds is 1. The fourth-order valence-corrected chi connectivity index (χ4v) is 0.143. The maximum absolute atomic E-state index is 9.51. The summed E-state index contributed by atoms with van der Waals surface area (Å²) < 4.78 is 0. The number of carboxylic acids is 1. The summed E-state index contributed by atoms with van der Waals surface area (Å²) in [5.74, 6) is -0.891. The van der Waals surface area contributed by atoms with E-state index in [1.165, 1.54) is 6.08 Å². The van der Waals surface area contributed by atoms with Crippen molar-refractivity contribution in [1.82, 2.24) is 0 Å². The Morgan fingerprint density at radius 1 is 1.86 bits per heavy atom. The Morgan fingerprint density at radius 2 is 2.29 bits per heavy atom. The van der Waals surface area contributed by atoms with E-state index in [0.29, 0.717) is 0 Å². The van der Waals surface area contributed by atoms with E-state index in [0.717, 1.165) is 6.08 Å². The number of hydrogen-bond donors (Lipinski definition) is 1. The van der Waals surface area contributed by atoms with Crippen LogP contribution in [0, 0.1) is 0 Å². The second-order valence-corrected chi connectivity index (χ2v) is 0.838. The molecule has 0 aliphatic carbocycles. The predicted octanol–water partition coefficient (Wildman–Crippen LogP) is 0.491. The maximum Gasteiger partial charge on any atom is 2.00 e. The average molecular weight is 128 g/mol. The van der Waals surface area contributed by atoms with Crippen molar-refractivity contribution in [3.63, 3.8) is 0 Å². The van der Waals surface area contributed by atoms with Crippen molar-refractivity contribution >= 4 is 43.7 Å². The topological polar surface area (TPSA) is 37.3 Å². The number of carboxylic acid groups (broad SMARTS) is 1. The standard InChI is InChI=1S/C4H6O2.Ca.2H/c1-2-3-4(5)6;;;/h2-3H,1H3,(H,5,6);;;/q;+2;2*-1/b3-2+;;;. The summed E-state index contributed by atoms with van der Waals surface area (Å²) in [5.41, 5.74) is 0. The number of allylic oxidation sites excluding steroid dienone is 1. The van der Waals surface area contributed by atoms with Crippen LogP contribution in [-0.2, 0) is 4.79 Å². The van der Waals surface area contributed by atoms with Gasteiger partial charge in [-0.15, -0.1) is 0 Å². The van der Waals surface area contributed by atoms with E-state index < -0.39 is 5.97 Å². The quantitative estimate of drug-likeness (QED) is 0.412. The Balaban J connectivity index is -0.0000000417. The van der Waals surface area contributed by atoms with Crippen LogP contribution in [0.1, 0.15) is 9.78 Å². The zero-order valence-electron chi connectivity index (χ0n) is 6.22. The van der Waals surface area contributed by atoms with Gasteiger partial charge in [-0.25, -0.2) is 4.79 Å². The first-order valence-electron chi connectivity index (χ1n) is 1.63. The smallest absolute Gasteiger partial charge is 1.00 e. The van der Waals surface area contributed by atoms with Crippen molar-refractivity contribution in [3.8, 4) is 0 Å². The van der Waals surface area contributed by atoms with Gasteiger partial charge in [-0.3, -0.25) is 0 Å². The molecule has 1 N–H and O–H groups in total. The minimum atomic E-state index is -0.891. The molecule has 0 saturated carbocycles. The van der Waals surface area contributed by atoms with Gasteiger partial charge in [0.15, 0.2) is 0 Å². The van der Waals surface area contributed by atoms with Gasteiger partial charge in [0.2, 0.25) is 0 Å². The third kappa shape index (κ3) is 10.7. The van der Waals surface area contributed by atoms with Gasteiger partial charge in [-0.05, 0) is 6.92 Å². The van der Waals surface area contributed by atoms with E-state index in [-0.39, 0.29) is 40.6 Å². The van der Waals surface area contributed by atoms with Crippen LogP contribution in [0.3, 0.4) is 0 Å². The summed E-state index contributed by atoms with van der Waals surface area (Å²) >= 11 is 0. The maximum atomic E-state index is 9.51. The summed E-state index contributed by atoms with van der Waals surface area (Å²) in [4.78, 5) is 9.51.